The number of carbonyl (C=O) groups is 3. The maximum absolute atomic E-state index is 12.9. The molecule has 9 nitrogen and oxygen atoms in total. The van der Waals surface area contributed by atoms with Gasteiger partial charge in [0.05, 0.1) is 16.7 Å². The van der Waals surface area contributed by atoms with Crippen LogP contribution in [0.4, 0.5) is 0 Å². The Morgan fingerprint density at radius 2 is 1.14 bits per heavy atom. The van der Waals surface area contributed by atoms with Crippen LogP contribution in [0.25, 0.3) is 0 Å². The summed E-state index contributed by atoms with van der Waals surface area (Å²) in [5, 5.41) is 11.1. The van der Waals surface area contributed by atoms with Gasteiger partial charge in [-0.3, -0.25) is 0 Å². The highest BCUT2D eigenvalue weighted by Gasteiger charge is 2.50. The number of ether oxygens (including phenoxy) is 5. The van der Waals surface area contributed by atoms with Crippen molar-refractivity contribution in [3.8, 4) is 0 Å². The molecule has 0 aromatic heterocycles. The van der Waals surface area contributed by atoms with E-state index in [9.17, 15) is 19.5 Å². The molecule has 5 atom stereocenters. The fraction of sp³-hybridized carbons (Fsp3) is 0.250. The summed E-state index contributed by atoms with van der Waals surface area (Å²) in [6, 6.07) is 24.7. The Kier molecular flexibility index (Phi) is 8.63. The smallest absolute Gasteiger partial charge is 0.338 e. The van der Waals surface area contributed by atoms with Gasteiger partial charge in [-0.05, 0) is 36.4 Å². The van der Waals surface area contributed by atoms with E-state index in [-0.39, 0.29) is 17.7 Å². The third-order valence-corrected chi connectivity index (χ3v) is 5.74. The number of aliphatic hydroxyl groups is 1. The first-order valence-electron chi connectivity index (χ1n) is 11.6. The Morgan fingerprint density at radius 3 is 1.59 bits per heavy atom. The standard InChI is InChI=1S/C28H26O9/c1-33-28-24(37-27(32)20-15-9-4-10-16-20)23(36-26(31)19-13-7-3-8-14-19)22(29)21(35-28)17-34-25(30)18-11-5-2-6-12-18/h2-16,21-24,28-29H,17H2,1H3/t21?,22-,23?,24-,28+/m1/s1. The zero-order valence-electron chi connectivity index (χ0n) is 20.0. The molecule has 0 aliphatic carbocycles. The first-order chi connectivity index (χ1) is 18.0. The maximum atomic E-state index is 12.9. The van der Waals surface area contributed by atoms with Gasteiger partial charge in [-0.2, -0.15) is 0 Å². The predicted molar refractivity (Wildman–Crippen MR) is 130 cm³/mol. The summed E-state index contributed by atoms with van der Waals surface area (Å²) in [4.78, 5) is 38.1. The van der Waals surface area contributed by atoms with Gasteiger partial charge in [-0.1, -0.05) is 54.6 Å². The molecular formula is C28H26O9. The first-order valence-corrected chi connectivity index (χ1v) is 11.6. The molecule has 0 saturated carbocycles. The van der Waals surface area contributed by atoms with Crippen LogP contribution >= 0.6 is 0 Å². The van der Waals surface area contributed by atoms with Gasteiger partial charge in [-0.25, -0.2) is 14.4 Å². The minimum atomic E-state index is -1.52. The number of aliphatic hydroxyl groups excluding tert-OH is 1. The van der Waals surface area contributed by atoms with Crippen molar-refractivity contribution in [1.29, 1.82) is 0 Å². The van der Waals surface area contributed by atoms with Gasteiger partial charge in [0.1, 0.15) is 18.8 Å². The summed E-state index contributed by atoms with van der Waals surface area (Å²) in [5.74, 6) is -2.10. The highest BCUT2D eigenvalue weighted by Crippen LogP contribution is 2.28. The average molecular weight is 507 g/mol. The van der Waals surface area contributed by atoms with E-state index in [4.69, 9.17) is 23.7 Å². The molecule has 3 aromatic rings. The van der Waals surface area contributed by atoms with E-state index >= 15 is 0 Å². The molecule has 0 radical (unpaired) electrons. The molecule has 1 fully saturated rings. The summed E-state index contributed by atoms with van der Waals surface area (Å²) >= 11 is 0. The SMILES string of the molecule is CO[C@H]1OC(COC(=O)c2ccccc2)[C@@H](O)C(OC(=O)c2ccccc2)[C@H]1OC(=O)c1ccccc1. The van der Waals surface area contributed by atoms with Gasteiger partial charge < -0.3 is 28.8 Å². The number of carbonyl (C=O) groups excluding carboxylic acids is 3. The zero-order chi connectivity index (χ0) is 26.2. The Labute approximate surface area is 213 Å². The number of methoxy groups -OCH3 is 1. The summed E-state index contributed by atoms with van der Waals surface area (Å²) in [6.07, 6.45) is -6.60. The highest BCUT2D eigenvalue weighted by molar-refractivity contribution is 5.90. The first kappa shape index (κ1) is 26.0. The molecule has 9 heteroatoms. The summed E-state index contributed by atoms with van der Waals surface area (Å²) < 4.78 is 27.7. The number of rotatable bonds is 8. The van der Waals surface area contributed by atoms with Crippen molar-refractivity contribution in [2.75, 3.05) is 13.7 Å². The molecular weight excluding hydrogens is 480 g/mol. The monoisotopic (exact) mass is 506 g/mol. The van der Waals surface area contributed by atoms with E-state index in [0.717, 1.165) is 0 Å². The molecule has 0 amide bonds. The van der Waals surface area contributed by atoms with Crippen LogP contribution < -0.4 is 0 Å². The van der Waals surface area contributed by atoms with E-state index in [1.54, 1.807) is 91.0 Å². The average Bonchev–Trinajstić information content (AvgIpc) is 2.95. The number of hydrogen-bond donors (Lipinski definition) is 1. The third kappa shape index (κ3) is 6.39. The molecule has 4 rings (SSSR count). The molecule has 1 saturated heterocycles. The van der Waals surface area contributed by atoms with Crippen molar-refractivity contribution in [3.05, 3.63) is 108 Å². The summed E-state index contributed by atoms with van der Waals surface area (Å²) in [7, 11) is 1.31. The fourth-order valence-corrected chi connectivity index (χ4v) is 3.83. The van der Waals surface area contributed by atoms with Crippen molar-refractivity contribution in [2.45, 2.75) is 30.7 Å². The van der Waals surface area contributed by atoms with Crippen molar-refractivity contribution in [3.63, 3.8) is 0 Å². The van der Waals surface area contributed by atoms with Crippen LogP contribution in [0.2, 0.25) is 0 Å². The van der Waals surface area contributed by atoms with Crippen LogP contribution in [0.5, 0.6) is 0 Å². The number of benzene rings is 3. The Hall–Kier alpha value is -4.05. The summed E-state index contributed by atoms with van der Waals surface area (Å²) in [6.45, 7) is -0.368. The van der Waals surface area contributed by atoms with E-state index in [0.29, 0.717) is 5.56 Å². The lowest BCUT2D eigenvalue weighted by molar-refractivity contribution is -0.292. The third-order valence-electron chi connectivity index (χ3n) is 5.74. The molecule has 3 aromatic carbocycles. The van der Waals surface area contributed by atoms with E-state index in [1.807, 2.05) is 0 Å². The van der Waals surface area contributed by atoms with E-state index in [2.05, 4.69) is 0 Å². The number of hydrogen-bond acceptors (Lipinski definition) is 9. The second-order valence-electron chi connectivity index (χ2n) is 8.21. The Morgan fingerprint density at radius 1 is 0.703 bits per heavy atom. The maximum Gasteiger partial charge on any atom is 0.338 e. The molecule has 0 spiro atoms. The van der Waals surface area contributed by atoms with Crippen molar-refractivity contribution >= 4 is 17.9 Å². The van der Waals surface area contributed by atoms with E-state index in [1.165, 1.54) is 7.11 Å². The highest BCUT2D eigenvalue weighted by atomic mass is 16.7. The predicted octanol–water partition coefficient (Wildman–Crippen LogP) is 3.03. The topological polar surface area (TPSA) is 118 Å². The van der Waals surface area contributed by atoms with Gasteiger partial charge in [0.25, 0.3) is 0 Å². The van der Waals surface area contributed by atoms with Gasteiger partial charge in [0, 0.05) is 7.11 Å². The Bertz CT molecular complexity index is 1180. The van der Waals surface area contributed by atoms with Crippen LogP contribution in [0.3, 0.4) is 0 Å². The zero-order valence-corrected chi connectivity index (χ0v) is 20.0. The molecule has 37 heavy (non-hydrogen) atoms. The van der Waals surface area contributed by atoms with Gasteiger partial charge >= 0.3 is 17.9 Å². The largest absolute Gasteiger partial charge is 0.459 e. The summed E-state index contributed by atoms with van der Waals surface area (Å²) in [5.41, 5.74) is 0.798. The van der Waals surface area contributed by atoms with Gasteiger partial charge in [0.2, 0.25) is 0 Å². The lowest BCUT2D eigenvalue weighted by Crippen LogP contribution is -2.61. The second-order valence-corrected chi connectivity index (χ2v) is 8.21. The molecule has 2 unspecified atom stereocenters. The number of esters is 3. The Balaban J connectivity index is 1.55. The fourth-order valence-electron chi connectivity index (χ4n) is 3.83. The van der Waals surface area contributed by atoms with Crippen LogP contribution in [-0.4, -0.2) is 67.4 Å². The minimum absolute atomic E-state index is 0.232. The van der Waals surface area contributed by atoms with Crippen LogP contribution in [0, 0.1) is 0 Å². The molecule has 1 aliphatic rings. The van der Waals surface area contributed by atoms with Crippen LogP contribution in [0.15, 0.2) is 91.0 Å². The normalized spacial score (nSPS) is 23.0. The molecule has 1 heterocycles. The van der Waals surface area contributed by atoms with Crippen molar-refractivity contribution in [2.24, 2.45) is 0 Å². The van der Waals surface area contributed by atoms with Crippen LogP contribution in [0.1, 0.15) is 31.1 Å². The molecule has 1 aliphatic heterocycles. The van der Waals surface area contributed by atoms with Crippen molar-refractivity contribution < 1.29 is 43.2 Å². The molecule has 192 valence electrons. The second kappa shape index (κ2) is 12.3. The molecule has 0 bridgehead atoms. The van der Waals surface area contributed by atoms with E-state index < -0.39 is 48.6 Å². The van der Waals surface area contributed by atoms with Gasteiger partial charge in [-0.15, -0.1) is 0 Å². The molecule has 1 N–H and O–H groups in total. The van der Waals surface area contributed by atoms with Crippen LogP contribution in [-0.2, 0) is 23.7 Å². The minimum Gasteiger partial charge on any atom is -0.459 e. The lowest BCUT2D eigenvalue weighted by atomic mass is 9.98. The van der Waals surface area contributed by atoms with Gasteiger partial charge in [0.15, 0.2) is 18.5 Å². The quantitative estimate of drug-likeness (QED) is 0.363. The van der Waals surface area contributed by atoms with Crippen molar-refractivity contribution in [1.82, 2.24) is 0 Å². The lowest BCUT2D eigenvalue weighted by Gasteiger charge is -2.42.